The van der Waals surface area contributed by atoms with Crippen LogP contribution >= 0.6 is 11.8 Å². The van der Waals surface area contributed by atoms with Gasteiger partial charge < -0.3 is 8.98 Å². The Bertz CT molecular complexity index is 3250. The Kier molecular flexibility index (Phi) is 7.33. The van der Waals surface area contributed by atoms with Crippen molar-refractivity contribution in [1.29, 1.82) is 0 Å². The molecule has 2 atom stereocenters. The average molecular weight is 746 g/mol. The molecular formula is C54H35NOS. The second-order valence-electron chi connectivity index (χ2n) is 15.2. The van der Waals surface area contributed by atoms with Crippen LogP contribution in [0.25, 0.3) is 93.9 Å². The van der Waals surface area contributed by atoms with E-state index in [0.29, 0.717) is 11.2 Å². The van der Waals surface area contributed by atoms with Crippen LogP contribution in [0.15, 0.2) is 210 Å². The summed E-state index contributed by atoms with van der Waals surface area (Å²) in [6.45, 7) is 0. The molecule has 8 aromatic carbocycles. The molecule has 0 saturated carbocycles. The lowest BCUT2D eigenvalue weighted by Crippen LogP contribution is -2.06. The average Bonchev–Trinajstić information content (AvgIpc) is 3.95. The lowest BCUT2D eigenvalue weighted by atomic mass is 9.88. The highest BCUT2D eigenvalue weighted by Gasteiger charge is 2.31. The van der Waals surface area contributed by atoms with Crippen LogP contribution in [0.2, 0.25) is 0 Å². The maximum Gasteiger partial charge on any atom is 0.135 e. The van der Waals surface area contributed by atoms with Gasteiger partial charge in [0.15, 0.2) is 0 Å². The molecule has 2 aliphatic rings. The van der Waals surface area contributed by atoms with Crippen LogP contribution in [0.5, 0.6) is 0 Å². The van der Waals surface area contributed by atoms with E-state index in [2.05, 4.69) is 193 Å². The predicted molar refractivity (Wildman–Crippen MR) is 240 cm³/mol. The van der Waals surface area contributed by atoms with Crippen LogP contribution < -0.4 is 0 Å². The molecule has 10 aromatic rings. The zero-order chi connectivity index (χ0) is 37.5. The number of hydrogen-bond donors (Lipinski definition) is 0. The van der Waals surface area contributed by atoms with Crippen molar-refractivity contribution >= 4 is 55.5 Å². The molecule has 0 fully saturated rings. The first-order chi connectivity index (χ1) is 28.2. The van der Waals surface area contributed by atoms with Gasteiger partial charge in [-0.15, -0.1) is 11.8 Å². The molecule has 3 heteroatoms. The lowest BCUT2D eigenvalue weighted by molar-refractivity contribution is 0.669. The molecule has 2 nitrogen and oxygen atoms in total. The summed E-state index contributed by atoms with van der Waals surface area (Å²) < 4.78 is 8.57. The van der Waals surface area contributed by atoms with Crippen LogP contribution in [0.4, 0.5) is 0 Å². The minimum atomic E-state index is 0.405. The SMILES string of the molecule is C1=CC2Sc3ccc(-c4cc(-c5cccc(-c6ccc7oc8ccccc8c7c6)c5)cc(-c5cccc(-n6c7ccccc7c7ccccc76)c5)c4)cc3C2C=C1. The second kappa shape index (κ2) is 12.9. The molecule has 3 heterocycles. The van der Waals surface area contributed by atoms with Gasteiger partial charge in [0.25, 0.3) is 0 Å². The monoisotopic (exact) mass is 745 g/mol. The maximum absolute atomic E-state index is 6.17. The highest BCUT2D eigenvalue weighted by atomic mass is 32.2. The Morgan fingerprint density at radius 3 is 1.74 bits per heavy atom. The van der Waals surface area contributed by atoms with E-state index in [0.717, 1.165) is 27.6 Å². The highest BCUT2D eigenvalue weighted by molar-refractivity contribution is 8.00. The third-order valence-corrected chi connectivity index (χ3v) is 13.3. The number of hydrogen-bond acceptors (Lipinski definition) is 2. The van der Waals surface area contributed by atoms with Gasteiger partial charge in [0, 0.05) is 43.3 Å². The van der Waals surface area contributed by atoms with Crippen LogP contribution in [0.1, 0.15) is 11.5 Å². The molecule has 57 heavy (non-hydrogen) atoms. The number of furan rings is 1. The van der Waals surface area contributed by atoms with Crippen molar-refractivity contribution in [2.24, 2.45) is 0 Å². The van der Waals surface area contributed by atoms with E-state index in [9.17, 15) is 0 Å². The van der Waals surface area contributed by atoms with E-state index in [1.54, 1.807) is 0 Å². The quantitative estimate of drug-likeness (QED) is 0.175. The van der Waals surface area contributed by atoms with E-state index in [4.69, 9.17) is 4.42 Å². The van der Waals surface area contributed by atoms with Gasteiger partial charge in [-0.05, 0) is 129 Å². The largest absolute Gasteiger partial charge is 0.456 e. The summed E-state index contributed by atoms with van der Waals surface area (Å²) in [5.41, 5.74) is 16.4. The van der Waals surface area contributed by atoms with E-state index < -0.39 is 0 Å². The molecular weight excluding hydrogens is 711 g/mol. The Hall–Kier alpha value is -6.81. The van der Waals surface area contributed by atoms with E-state index in [-0.39, 0.29) is 0 Å². The van der Waals surface area contributed by atoms with Gasteiger partial charge in [0.05, 0.1) is 11.0 Å². The summed E-state index contributed by atoms with van der Waals surface area (Å²) in [5, 5.41) is 5.28. The van der Waals surface area contributed by atoms with Crippen LogP contribution in [0, 0.1) is 0 Å². The van der Waals surface area contributed by atoms with Crippen molar-refractivity contribution in [1.82, 2.24) is 4.57 Å². The molecule has 1 aliphatic heterocycles. The number of allylic oxidation sites excluding steroid dienone is 3. The van der Waals surface area contributed by atoms with Crippen molar-refractivity contribution in [2.45, 2.75) is 16.1 Å². The molecule has 0 bridgehead atoms. The minimum Gasteiger partial charge on any atom is -0.456 e. The van der Waals surface area contributed by atoms with Crippen LogP contribution in [-0.2, 0) is 0 Å². The predicted octanol–water partition coefficient (Wildman–Crippen LogP) is 15.0. The zero-order valence-corrected chi connectivity index (χ0v) is 31.8. The Labute approximate surface area is 335 Å². The number of nitrogens with zero attached hydrogens (tertiary/aromatic N) is 1. The standard InChI is InChI=1S/C54H35NOS/c1-5-19-49-43(15-1)44-16-2-6-20-50(44)55(49)42-14-10-13-36(31-42)40-28-39(29-41(30-40)38-24-26-54-48(33-38)46-18-4-8-22-53(46)57-54)35-12-9-11-34(27-35)37-23-25-52-47(32-37)45-17-3-7-21-51(45)56-52/h1-33,46,53H. The van der Waals surface area contributed by atoms with Crippen molar-refractivity contribution in [3.8, 4) is 50.2 Å². The first-order valence-corrected chi connectivity index (χ1v) is 20.5. The number of fused-ring (bicyclic) bond motifs is 9. The Morgan fingerprint density at radius 1 is 0.404 bits per heavy atom. The highest BCUT2D eigenvalue weighted by Crippen LogP contribution is 2.49. The fourth-order valence-corrected chi connectivity index (χ4v) is 10.5. The number of thioether (sulfide) groups is 1. The summed E-state index contributed by atoms with van der Waals surface area (Å²) in [7, 11) is 0. The van der Waals surface area contributed by atoms with Gasteiger partial charge in [-0.3, -0.25) is 0 Å². The molecule has 0 amide bonds. The van der Waals surface area contributed by atoms with E-state index >= 15 is 0 Å². The molecule has 0 N–H and O–H groups in total. The van der Waals surface area contributed by atoms with Crippen molar-refractivity contribution < 1.29 is 4.42 Å². The molecule has 0 spiro atoms. The number of rotatable bonds is 5. The van der Waals surface area contributed by atoms with Gasteiger partial charge in [-0.1, -0.05) is 121 Å². The summed E-state index contributed by atoms with van der Waals surface area (Å²) in [4.78, 5) is 1.38. The lowest BCUT2D eigenvalue weighted by Gasteiger charge is -2.16. The van der Waals surface area contributed by atoms with Gasteiger partial charge >= 0.3 is 0 Å². The normalized spacial score (nSPS) is 15.9. The van der Waals surface area contributed by atoms with E-state index in [1.807, 2.05) is 23.9 Å². The zero-order valence-electron chi connectivity index (χ0n) is 31.0. The fourth-order valence-electron chi connectivity index (χ4n) is 9.16. The van der Waals surface area contributed by atoms with Crippen molar-refractivity contribution in [3.05, 3.63) is 206 Å². The van der Waals surface area contributed by atoms with Crippen LogP contribution in [0.3, 0.4) is 0 Å². The van der Waals surface area contributed by atoms with E-state index in [1.165, 1.54) is 76.8 Å². The van der Waals surface area contributed by atoms with Gasteiger partial charge in [0.2, 0.25) is 0 Å². The smallest absolute Gasteiger partial charge is 0.135 e. The summed E-state index contributed by atoms with van der Waals surface area (Å²) in [6.07, 6.45) is 9.10. The second-order valence-corrected chi connectivity index (χ2v) is 16.5. The van der Waals surface area contributed by atoms with Crippen LogP contribution in [-0.4, -0.2) is 9.82 Å². The molecule has 2 aromatic heterocycles. The topological polar surface area (TPSA) is 18.1 Å². The van der Waals surface area contributed by atoms with Gasteiger partial charge in [-0.25, -0.2) is 0 Å². The first-order valence-electron chi connectivity index (χ1n) is 19.6. The molecule has 0 saturated heterocycles. The van der Waals surface area contributed by atoms with Crippen molar-refractivity contribution in [3.63, 3.8) is 0 Å². The third-order valence-electron chi connectivity index (χ3n) is 11.9. The molecule has 0 radical (unpaired) electrons. The number of para-hydroxylation sites is 3. The maximum atomic E-state index is 6.17. The molecule has 1 aliphatic carbocycles. The first kappa shape index (κ1) is 32.4. The fraction of sp³-hybridized carbons (Fsp3) is 0.0370. The summed E-state index contributed by atoms with van der Waals surface area (Å²) in [6, 6.07) is 64.6. The molecule has 12 rings (SSSR count). The van der Waals surface area contributed by atoms with Gasteiger partial charge in [-0.2, -0.15) is 0 Å². The molecule has 268 valence electrons. The summed E-state index contributed by atoms with van der Waals surface area (Å²) >= 11 is 1.98. The Morgan fingerprint density at radius 2 is 0.965 bits per heavy atom. The third kappa shape index (κ3) is 5.34. The van der Waals surface area contributed by atoms with Crippen molar-refractivity contribution in [2.75, 3.05) is 0 Å². The summed E-state index contributed by atoms with van der Waals surface area (Å²) in [5.74, 6) is 0.405. The minimum absolute atomic E-state index is 0.405. The molecule has 2 unspecified atom stereocenters. The number of aromatic nitrogens is 1. The number of benzene rings is 8. The Balaban J connectivity index is 1.02. The van der Waals surface area contributed by atoms with Gasteiger partial charge in [0.1, 0.15) is 11.2 Å².